The van der Waals surface area contributed by atoms with Crippen molar-refractivity contribution in [2.75, 3.05) is 4.90 Å². The summed E-state index contributed by atoms with van der Waals surface area (Å²) in [4.78, 5) is 9.78. The van der Waals surface area contributed by atoms with Gasteiger partial charge in [-0.2, -0.15) is 4.39 Å². The lowest BCUT2D eigenvalue weighted by Crippen LogP contribution is -2.23. The minimum absolute atomic E-state index is 0.517. The Hall–Kier alpha value is -2.75. The Morgan fingerprint density at radius 2 is 1.32 bits per heavy atom. The molecule has 1 aromatic heterocycles. The van der Waals surface area contributed by atoms with E-state index in [1.807, 2.05) is 41.3 Å². The van der Waals surface area contributed by atoms with Crippen LogP contribution in [-0.2, 0) is 13.1 Å². The molecule has 0 spiro atoms. The highest BCUT2D eigenvalue weighted by molar-refractivity contribution is 5.39. The molecule has 0 aliphatic carbocycles. The second-order valence-electron chi connectivity index (χ2n) is 5.03. The van der Waals surface area contributed by atoms with E-state index in [1.54, 1.807) is 0 Å². The molecule has 1 heterocycles. The summed E-state index contributed by atoms with van der Waals surface area (Å²) in [5.74, 6) is 0.0660. The smallest absolute Gasteiger partial charge is 0.218 e. The van der Waals surface area contributed by atoms with Crippen LogP contribution < -0.4 is 4.90 Å². The van der Waals surface area contributed by atoms with Crippen LogP contribution in [0.1, 0.15) is 11.1 Å². The molecule has 0 aliphatic heterocycles. The molecular formula is C18H16FN3. The summed E-state index contributed by atoms with van der Waals surface area (Å²) < 4.78 is 13.4. The fourth-order valence-electron chi connectivity index (χ4n) is 2.32. The molecule has 0 saturated heterocycles. The normalized spacial score (nSPS) is 10.4. The zero-order chi connectivity index (χ0) is 15.2. The van der Waals surface area contributed by atoms with Gasteiger partial charge in [-0.3, -0.25) is 0 Å². The molecule has 0 bridgehead atoms. The lowest BCUT2D eigenvalue weighted by molar-refractivity contribution is 0.577. The SMILES string of the molecule is Fc1cc(N(Cc2ccccc2)Cc2ccccc2)ncn1. The van der Waals surface area contributed by atoms with Crippen molar-refractivity contribution in [3.05, 3.63) is 90.1 Å². The maximum atomic E-state index is 13.4. The maximum Gasteiger partial charge on any atom is 0.218 e. The molecule has 110 valence electrons. The molecule has 0 atom stereocenters. The molecule has 0 radical (unpaired) electrons. The standard InChI is InChI=1S/C18H16FN3/c19-17-11-18(21-14-20-17)22(12-15-7-3-1-4-8-15)13-16-9-5-2-6-10-16/h1-11,14H,12-13H2. The van der Waals surface area contributed by atoms with Gasteiger partial charge in [-0.25, -0.2) is 9.97 Å². The van der Waals surface area contributed by atoms with Crippen molar-refractivity contribution in [2.24, 2.45) is 0 Å². The van der Waals surface area contributed by atoms with E-state index in [0.29, 0.717) is 18.9 Å². The van der Waals surface area contributed by atoms with Crippen LogP contribution in [-0.4, -0.2) is 9.97 Å². The number of anilines is 1. The Bertz CT molecular complexity index is 675. The van der Waals surface area contributed by atoms with Gasteiger partial charge in [-0.15, -0.1) is 0 Å². The average Bonchev–Trinajstić information content (AvgIpc) is 2.56. The fourth-order valence-corrected chi connectivity index (χ4v) is 2.32. The fraction of sp³-hybridized carbons (Fsp3) is 0.111. The average molecular weight is 293 g/mol. The van der Waals surface area contributed by atoms with Crippen molar-refractivity contribution in [1.29, 1.82) is 0 Å². The second kappa shape index (κ2) is 6.80. The van der Waals surface area contributed by atoms with E-state index in [0.717, 1.165) is 11.1 Å². The van der Waals surface area contributed by atoms with Crippen molar-refractivity contribution >= 4 is 5.82 Å². The molecule has 0 N–H and O–H groups in total. The zero-order valence-corrected chi connectivity index (χ0v) is 12.1. The molecule has 0 unspecified atom stereocenters. The van der Waals surface area contributed by atoms with E-state index in [-0.39, 0.29) is 0 Å². The topological polar surface area (TPSA) is 29.0 Å². The first-order valence-electron chi connectivity index (χ1n) is 7.11. The van der Waals surface area contributed by atoms with Crippen molar-refractivity contribution in [2.45, 2.75) is 13.1 Å². The monoisotopic (exact) mass is 293 g/mol. The molecule has 0 saturated carbocycles. The van der Waals surface area contributed by atoms with Gasteiger partial charge in [-0.05, 0) is 11.1 Å². The highest BCUT2D eigenvalue weighted by Crippen LogP contribution is 2.18. The van der Waals surface area contributed by atoms with E-state index in [1.165, 1.54) is 12.4 Å². The molecule has 4 heteroatoms. The van der Waals surface area contributed by atoms with Crippen molar-refractivity contribution < 1.29 is 4.39 Å². The van der Waals surface area contributed by atoms with Gasteiger partial charge < -0.3 is 4.90 Å². The molecular weight excluding hydrogens is 277 g/mol. The largest absolute Gasteiger partial charge is 0.348 e. The molecule has 22 heavy (non-hydrogen) atoms. The lowest BCUT2D eigenvalue weighted by Gasteiger charge is -2.24. The molecule has 0 aliphatic rings. The van der Waals surface area contributed by atoms with Crippen LogP contribution in [0.4, 0.5) is 10.2 Å². The first-order valence-corrected chi connectivity index (χ1v) is 7.11. The van der Waals surface area contributed by atoms with Crippen molar-refractivity contribution in [1.82, 2.24) is 9.97 Å². The first-order chi connectivity index (χ1) is 10.8. The Morgan fingerprint density at radius 1 is 0.773 bits per heavy atom. The Balaban J connectivity index is 1.88. The van der Waals surface area contributed by atoms with Crippen LogP contribution in [0.2, 0.25) is 0 Å². The minimum atomic E-state index is -0.517. The lowest BCUT2D eigenvalue weighted by atomic mass is 10.1. The van der Waals surface area contributed by atoms with E-state index < -0.39 is 5.95 Å². The van der Waals surface area contributed by atoms with Gasteiger partial charge in [-0.1, -0.05) is 60.7 Å². The van der Waals surface area contributed by atoms with E-state index in [9.17, 15) is 4.39 Å². The number of hydrogen-bond acceptors (Lipinski definition) is 3. The minimum Gasteiger partial charge on any atom is -0.348 e. The van der Waals surface area contributed by atoms with Crippen molar-refractivity contribution in [3.63, 3.8) is 0 Å². The number of nitrogens with zero attached hydrogens (tertiary/aromatic N) is 3. The summed E-state index contributed by atoms with van der Waals surface area (Å²) in [5, 5.41) is 0. The molecule has 3 aromatic rings. The number of aromatic nitrogens is 2. The molecule has 2 aromatic carbocycles. The Labute approximate surface area is 129 Å². The van der Waals surface area contributed by atoms with Crippen LogP contribution in [0.3, 0.4) is 0 Å². The van der Waals surface area contributed by atoms with Crippen molar-refractivity contribution in [3.8, 4) is 0 Å². The maximum absolute atomic E-state index is 13.4. The van der Waals surface area contributed by atoms with Gasteiger partial charge in [0.1, 0.15) is 12.1 Å². The third-order valence-corrected chi connectivity index (χ3v) is 3.38. The van der Waals surface area contributed by atoms with Crippen LogP contribution in [0, 0.1) is 5.95 Å². The van der Waals surface area contributed by atoms with Gasteiger partial charge in [0, 0.05) is 19.2 Å². The predicted molar refractivity (Wildman–Crippen MR) is 84.8 cm³/mol. The van der Waals surface area contributed by atoms with E-state index >= 15 is 0 Å². The number of benzene rings is 2. The predicted octanol–water partition coefficient (Wildman–Crippen LogP) is 3.82. The Morgan fingerprint density at radius 3 is 1.82 bits per heavy atom. The number of hydrogen-bond donors (Lipinski definition) is 0. The van der Waals surface area contributed by atoms with Gasteiger partial charge >= 0.3 is 0 Å². The summed E-state index contributed by atoms with van der Waals surface area (Å²) in [7, 11) is 0. The van der Waals surface area contributed by atoms with Crippen LogP contribution in [0.5, 0.6) is 0 Å². The third-order valence-electron chi connectivity index (χ3n) is 3.38. The van der Waals surface area contributed by atoms with Crippen LogP contribution in [0.15, 0.2) is 73.1 Å². The first kappa shape index (κ1) is 14.2. The molecule has 0 amide bonds. The van der Waals surface area contributed by atoms with Crippen LogP contribution in [0.25, 0.3) is 0 Å². The molecule has 3 rings (SSSR count). The van der Waals surface area contributed by atoms with E-state index in [2.05, 4.69) is 34.2 Å². The Kier molecular flexibility index (Phi) is 4.39. The highest BCUT2D eigenvalue weighted by Gasteiger charge is 2.11. The summed E-state index contributed by atoms with van der Waals surface area (Å²) in [6.07, 6.45) is 1.26. The highest BCUT2D eigenvalue weighted by atomic mass is 19.1. The van der Waals surface area contributed by atoms with Crippen LogP contribution >= 0.6 is 0 Å². The third kappa shape index (κ3) is 3.67. The zero-order valence-electron chi connectivity index (χ0n) is 12.1. The summed E-state index contributed by atoms with van der Waals surface area (Å²) in [6.45, 7) is 1.32. The number of halogens is 1. The second-order valence-corrected chi connectivity index (χ2v) is 5.03. The quantitative estimate of drug-likeness (QED) is 0.670. The number of rotatable bonds is 5. The summed E-state index contributed by atoms with van der Waals surface area (Å²) >= 11 is 0. The van der Waals surface area contributed by atoms with Gasteiger partial charge in [0.15, 0.2) is 0 Å². The van der Waals surface area contributed by atoms with Gasteiger partial charge in [0.2, 0.25) is 5.95 Å². The van der Waals surface area contributed by atoms with Gasteiger partial charge in [0.05, 0.1) is 0 Å². The molecule has 3 nitrogen and oxygen atoms in total. The summed E-state index contributed by atoms with van der Waals surface area (Å²) in [5.41, 5.74) is 2.30. The van der Waals surface area contributed by atoms with Gasteiger partial charge in [0.25, 0.3) is 0 Å². The molecule has 0 fully saturated rings. The van der Waals surface area contributed by atoms with E-state index in [4.69, 9.17) is 0 Å². The summed E-state index contributed by atoms with van der Waals surface area (Å²) in [6, 6.07) is 21.5.